The number of hydrogen-bond acceptors (Lipinski definition) is 1. The van der Waals surface area contributed by atoms with Gasteiger partial charge in [-0.2, -0.15) is 0 Å². The van der Waals surface area contributed by atoms with E-state index < -0.39 is 0 Å². The van der Waals surface area contributed by atoms with Crippen molar-refractivity contribution in [1.82, 2.24) is 10.3 Å². The van der Waals surface area contributed by atoms with Crippen LogP contribution < -0.4 is 5.32 Å². The average molecular weight is 192 g/mol. The van der Waals surface area contributed by atoms with Gasteiger partial charge in [0, 0.05) is 23.6 Å². The van der Waals surface area contributed by atoms with Gasteiger partial charge in [-0.05, 0) is 24.2 Å². The zero-order valence-electron chi connectivity index (χ0n) is 8.10. The van der Waals surface area contributed by atoms with Crippen LogP contribution in [0.25, 0.3) is 10.9 Å². The molecule has 0 saturated carbocycles. The third-order valence-corrected chi connectivity index (χ3v) is 2.30. The minimum Gasteiger partial charge on any atom is -0.361 e. The van der Waals surface area contributed by atoms with Gasteiger partial charge in [0.25, 0.3) is 0 Å². The standard InChI is InChI=1S/C11H13FN2/c1-2-13-6-8-7-14-10-5-3-4-9(12)11(8)10/h3-5,7,13-14H,2,6H2,1H3. The van der Waals surface area contributed by atoms with Crippen molar-refractivity contribution < 1.29 is 4.39 Å². The molecular formula is C11H13FN2. The number of nitrogens with one attached hydrogen (secondary N) is 2. The van der Waals surface area contributed by atoms with Crippen LogP contribution in [0.15, 0.2) is 24.4 Å². The summed E-state index contributed by atoms with van der Waals surface area (Å²) in [6, 6.07) is 5.09. The van der Waals surface area contributed by atoms with Crippen molar-refractivity contribution in [1.29, 1.82) is 0 Å². The highest BCUT2D eigenvalue weighted by Crippen LogP contribution is 2.20. The van der Waals surface area contributed by atoms with Crippen LogP contribution in [-0.4, -0.2) is 11.5 Å². The molecule has 14 heavy (non-hydrogen) atoms. The van der Waals surface area contributed by atoms with E-state index in [1.807, 2.05) is 19.2 Å². The number of aromatic amines is 1. The molecule has 0 spiro atoms. The molecule has 1 heterocycles. The molecule has 0 unspecified atom stereocenters. The largest absolute Gasteiger partial charge is 0.361 e. The summed E-state index contributed by atoms with van der Waals surface area (Å²) < 4.78 is 13.5. The second-order valence-corrected chi connectivity index (χ2v) is 3.26. The molecule has 0 radical (unpaired) electrons. The number of benzene rings is 1. The minimum atomic E-state index is -0.156. The third-order valence-electron chi connectivity index (χ3n) is 2.30. The lowest BCUT2D eigenvalue weighted by atomic mass is 10.1. The van der Waals surface area contributed by atoms with Gasteiger partial charge in [-0.25, -0.2) is 4.39 Å². The molecule has 1 aromatic heterocycles. The van der Waals surface area contributed by atoms with Gasteiger partial charge in [0.1, 0.15) is 5.82 Å². The Balaban J connectivity index is 2.45. The molecule has 2 N–H and O–H groups in total. The highest BCUT2D eigenvalue weighted by molar-refractivity contribution is 5.83. The van der Waals surface area contributed by atoms with E-state index in [4.69, 9.17) is 0 Å². The van der Waals surface area contributed by atoms with E-state index in [0.29, 0.717) is 11.9 Å². The molecule has 1 aromatic carbocycles. The molecule has 0 amide bonds. The van der Waals surface area contributed by atoms with Crippen LogP contribution in [0.5, 0.6) is 0 Å². The van der Waals surface area contributed by atoms with Crippen molar-refractivity contribution in [3.8, 4) is 0 Å². The predicted octanol–water partition coefficient (Wildman–Crippen LogP) is 2.42. The van der Waals surface area contributed by atoms with Gasteiger partial charge in [0.15, 0.2) is 0 Å². The lowest BCUT2D eigenvalue weighted by Gasteiger charge is -2.00. The van der Waals surface area contributed by atoms with Crippen LogP contribution in [-0.2, 0) is 6.54 Å². The van der Waals surface area contributed by atoms with Gasteiger partial charge in [0.2, 0.25) is 0 Å². The molecule has 0 aliphatic rings. The highest BCUT2D eigenvalue weighted by atomic mass is 19.1. The number of halogens is 1. The summed E-state index contributed by atoms with van der Waals surface area (Å²) in [5.41, 5.74) is 1.85. The monoisotopic (exact) mass is 192 g/mol. The molecule has 0 aliphatic heterocycles. The van der Waals surface area contributed by atoms with E-state index in [1.165, 1.54) is 6.07 Å². The number of H-pyrrole nitrogens is 1. The van der Waals surface area contributed by atoms with Crippen LogP contribution in [0.2, 0.25) is 0 Å². The molecule has 3 heteroatoms. The Morgan fingerprint density at radius 3 is 3.07 bits per heavy atom. The van der Waals surface area contributed by atoms with Crippen molar-refractivity contribution in [2.24, 2.45) is 0 Å². The molecule has 74 valence electrons. The maximum atomic E-state index is 13.5. The molecule has 2 nitrogen and oxygen atoms in total. The Bertz CT molecular complexity index is 434. The molecule has 2 aromatic rings. The van der Waals surface area contributed by atoms with E-state index in [0.717, 1.165) is 17.6 Å². The summed E-state index contributed by atoms with van der Waals surface area (Å²) in [6.45, 7) is 3.63. The summed E-state index contributed by atoms with van der Waals surface area (Å²) >= 11 is 0. The molecule has 0 bridgehead atoms. The van der Waals surface area contributed by atoms with Gasteiger partial charge >= 0.3 is 0 Å². The highest BCUT2D eigenvalue weighted by Gasteiger charge is 2.06. The second-order valence-electron chi connectivity index (χ2n) is 3.26. The van der Waals surface area contributed by atoms with Crippen LogP contribution in [0.3, 0.4) is 0 Å². The predicted molar refractivity (Wildman–Crippen MR) is 55.6 cm³/mol. The number of hydrogen-bond donors (Lipinski definition) is 2. The van der Waals surface area contributed by atoms with E-state index in [1.54, 1.807) is 6.07 Å². The van der Waals surface area contributed by atoms with Gasteiger partial charge in [0.05, 0.1) is 0 Å². The normalized spacial score (nSPS) is 11.0. The zero-order valence-corrected chi connectivity index (χ0v) is 8.10. The first kappa shape index (κ1) is 9.21. The SMILES string of the molecule is CCNCc1c[nH]c2cccc(F)c12. The van der Waals surface area contributed by atoms with Crippen molar-refractivity contribution in [3.63, 3.8) is 0 Å². The lowest BCUT2D eigenvalue weighted by Crippen LogP contribution is -2.11. The fraction of sp³-hybridized carbons (Fsp3) is 0.273. The fourth-order valence-electron chi connectivity index (χ4n) is 1.61. The van der Waals surface area contributed by atoms with E-state index in [2.05, 4.69) is 10.3 Å². The molecular weight excluding hydrogens is 179 g/mol. The van der Waals surface area contributed by atoms with Gasteiger partial charge in [-0.1, -0.05) is 13.0 Å². The summed E-state index contributed by atoms with van der Waals surface area (Å²) in [6.07, 6.45) is 1.86. The summed E-state index contributed by atoms with van der Waals surface area (Å²) in [5.74, 6) is -0.156. The second kappa shape index (κ2) is 3.80. The van der Waals surface area contributed by atoms with Crippen molar-refractivity contribution in [2.45, 2.75) is 13.5 Å². The Labute approximate surface area is 82.1 Å². The number of aromatic nitrogens is 1. The summed E-state index contributed by atoms with van der Waals surface area (Å²) in [5, 5.41) is 3.89. The Hall–Kier alpha value is -1.35. The quantitative estimate of drug-likeness (QED) is 0.768. The number of fused-ring (bicyclic) bond motifs is 1. The number of rotatable bonds is 3. The van der Waals surface area contributed by atoms with E-state index in [9.17, 15) is 4.39 Å². The molecule has 0 atom stereocenters. The minimum absolute atomic E-state index is 0.156. The average Bonchev–Trinajstić information content (AvgIpc) is 2.59. The molecule has 0 aliphatic carbocycles. The maximum Gasteiger partial charge on any atom is 0.132 e. The van der Waals surface area contributed by atoms with Crippen LogP contribution in [0, 0.1) is 5.82 Å². The summed E-state index contributed by atoms with van der Waals surface area (Å²) in [4.78, 5) is 3.06. The van der Waals surface area contributed by atoms with E-state index >= 15 is 0 Å². The van der Waals surface area contributed by atoms with Gasteiger partial charge < -0.3 is 10.3 Å². The van der Waals surface area contributed by atoms with E-state index in [-0.39, 0.29) is 5.82 Å². The Kier molecular flexibility index (Phi) is 2.50. The first-order chi connectivity index (χ1) is 6.83. The van der Waals surface area contributed by atoms with Crippen molar-refractivity contribution >= 4 is 10.9 Å². The van der Waals surface area contributed by atoms with Crippen molar-refractivity contribution in [3.05, 3.63) is 35.8 Å². The summed E-state index contributed by atoms with van der Waals surface area (Å²) in [7, 11) is 0. The molecule has 2 rings (SSSR count). The van der Waals surface area contributed by atoms with Crippen LogP contribution >= 0.6 is 0 Å². The Morgan fingerprint density at radius 1 is 1.43 bits per heavy atom. The van der Waals surface area contributed by atoms with Gasteiger partial charge in [-0.3, -0.25) is 0 Å². The third kappa shape index (κ3) is 1.51. The van der Waals surface area contributed by atoms with Crippen LogP contribution in [0.1, 0.15) is 12.5 Å². The lowest BCUT2D eigenvalue weighted by molar-refractivity contribution is 0.637. The molecule has 0 saturated heterocycles. The first-order valence-corrected chi connectivity index (χ1v) is 4.78. The first-order valence-electron chi connectivity index (χ1n) is 4.78. The maximum absolute atomic E-state index is 13.5. The smallest absolute Gasteiger partial charge is 0.132 e. The zero-order chi connectivity index (χ0) is 9.97. The van der Waals surface area contributed by atoms with Crippen LogP contribution in [0.4, 0.5) is 4.39 Å². The Morgan fingerprint density at radius 2 is 2.29 bits per heavy atom. The van der Waals surface area contributed by atoms with Crippen molar-refractivity contribution in [2.75, 3.05) is 6.54 Å². The molecule has 0 fully saturated rings. The van der Waals surface area contributed by atoms with Gasteiger partial charge in [-0.15, -0.1) is 0 Å². The topological polar surface area (TPSA) is 27.8 Å². The fourth-order valence-corrected chi connectivity index (χ4v) is 1.61.